The molecule has 4 rings (SSSR count). The van der Waals surface area contributed by atoms with Gasteiger partial charge in [0.2, 0.25) is 0 Å². The first-order valence-corrected chi connectivity index (χ1v) is 11.7. The van der Waals surface area contributed by atoms with Gasteiger partial charge in [-0.2, -0.15) is 0 Å². The van der Waals surface area contributed by atoms with Crippen molar-refractivity contribution in [1.29, 1.82) is 0 Å². The largest absolute Gasteiger partial charge is 0.0801 e. The Balaban J connectivity index is 2.11. The predicted molar refractivity (Wildman–Crippen MR) is 132 cm³/mol. The zero-order chi connectivity index (χ0) is 21.9. The Bertz CT molecular complexity index is 1130. The average molecular weight is 399 g/mol. The number of fused-ring (bicyclic) bond motifs is 2. The molecule has 0 N–H and O–H groups in total. The lowest BCUT2D eigenvalue weighted by Crippen LogP contribution is -2.38. The van der Waals surface area contributed by atoms with E-state index in [1.54, 1.807) is 5.57 Å². The van der Waals surface area contributed by atoms with E-state index < -0.39 is 0 Å². The molecule has 1 aromatic rings. The molecule has 0 saturated heterocycles. The molecule has 0 heterocycles. The van der Waals surface area contributed by atoms with Crippen LogP contribution in [0.4, 0.5) is 0 Å². The molecule has 0 aromatic heterocycles. The maximum atomic E-state index is 2.54. The van der Waals surface area contributed by atoms with Crippen LogP contribution in [-0.4, -0.2) is 0 Å². The Morgan fingerprint density at radius 3 is 2.23 bits per heavy atom. The number of benzene rings is 1. The van der Waals surface area contributed by atoms with Crippen molar-refractivity contribution in [3.63, 3.8) is 0 Å². The summed E-state index contributed by atoms with van der Waals surface area (Å²) in [5, 5.41) is 2.89. The third kappa shape index (κ3) is 3.03. The van der Waals surface area contributed by atoms with Gasteiger partial charge in [-0.15, -0.1) is 0 Å². The van der Waals surface area contributed by atoms with Gasteiger partial charge in [0.1, 0.15) is 0 Å². The Hall–Kier alpha value is -2.08. The average Bonchev–Trinajstić information content (AvgIpc) is 3.31. The summed E-state index contributed by atoms with van der Waals surface area (Å²) in [6.45, 7) is 18.9. The lowest BCUT2D eigenvalue weighted by atomic mass is 9.56. The second-order valence-corrected chi connectivity index (χ2v) is 11.3. The van der Waals surface area contributed by atoms with E-state index in [1.165, 1.54) is 38.3 Å². The van der Waals surface area contributed by atoms with Crippen LogP contribution in [0.1, 0.15) is 79.4 Å². The number of aryl methyl sites for hydroxylation is 1. The number of rotatable bonds is 3. The van der Waals surface area contributed by atoms with Crippen molar-refractivity contribution in [1.82, 2.24) is 0 Å². The molecule has 0 spiro atoms. The van der Waals surface area contributed by atoms with Crippen molar-refractivity contribution in [2.75, 3.05) is 0 Å². The quantitative estimate of drug-likeness (QED) is 0.532. The molecule has 0 fully saturated rings. The number of hydrogen-bond acceptors (Lipinski definition) is 0. The molecular formula is C30H38. The van der Waals surface area contributed by atoms with Crippen molar-refractivity contribution in [3.05, 3.63) is 80.8 Å². The van der Waals surface area contributed by atoms with Crippen molar-refractivity contribution >= 4 is 11.6 Å². The highest BCUT2D eigenvalue weighted by atomic mass is 14.5. The van der Waals surface area contributed by atoms with E-state index in [9.17, 15) is 0 Å². The molecule has 0 heteroatoms. The molecule has 3 aliphatic carbocycles. The molecule has 1 atom stereocenters. The predicted octanol–water partition coefficient (Wildman–Crippen LogP) is 6.69. The van der Waals surface area contributed by atoms with Gasteiger partial charge in [-0.1, -0.05) is 97.9 Å². The van der Waals surface area contributed by atoms with Gasteiger partial charge in [-0.05, 0) is 80.0 Å². The van der Waals surface area contributed by atoms with Gasteiger partial charge in [0.05, 0.1) is 0 Å². The summed E-state index contributed by atoms with van der Waals surface area (Å²) in [5.74, 6) is 0. The molecule has 1 unspecified atom stereocenters. The molecular weight excluding hydrogens is 360 g/mol. The van der Waals surface area contributed by atoms with Crippen LogP contribution in [0.25, 0.3) is 11.6 Å². The highest BCUT2D eigenvalue weighted by molar-refractivity contribution is 5.92. The molecule has 0 nitrogen and oxygen atoms in total. The summed E-state index contributed by atoms with van der Waals surface area (Å²) < 4.78 is 0. The summed E-state index contributed by atoms with van der Waals surface area (Å²) in [6, 6.07) is 4.90. The van der Waals surface area contributed by atoms with Crippen molar-refractivity contribution in [2.45, 2.75) is 80.1 Å². The highest BCUT2D eigenvalue weighted by Gasteiger charge is 2.46. The van der Waals surface area contributed by atoms with Gasteiger partial charge < -0.3 is 0 Å². The summed E-state index contributed by atoms with van der Waals surface area (Å²) in [5.41, 5.74) is 9.29. The maximum absolute atomic E-state index is 2.54. The number of hydrogen-bond donors (Lipinski definition) is 0. The van der Waals surface area contributed by atoms with Crippen LogP contribution in [0.2, 0.25) is 0 Å². The monoisotopic (exact) mass is 398 g/mol. The van der Waals surface area contributed by atoms with Crippen molar-refractivity contribution in [3.8, 4) is 0 Å². The molecule has 1 aromatic carbocycles. The van der Waals surface area contributed by atoms with E-state index in [1.807, 2.05) is 0 Å². The molecule has 0 amide bonds. The lowest BCUT2D eigenvalue weighted by Gasteiger charge is -2.47. The zero-order valence-electron chi connectivity index (χ0n) is 20.2. The van der Waals surface area contributed by atoms with Gasteiger partial charge in [-0.25, -0.2) is 0 Å². The van der Waals surface area contributed by atoms with E-state index in [4.69, 9.17) is 0 Å². The Kier molecular flexibility index (Phi) is 4.92. The molecule has 0 radical (unpaired) electrons. The molecule has 3 aliphatic rings. The van der Waals surface area contributed by atoms with Gasteiger partial charge in [0, 0.05) is 5.41 Å². The molecule has 0 bridgehead atoms. The van der Waals surface area contributed by atoms with Crippen LogP contribution in [-0.2, 0) is 11.8 Å². The third-order valence-corrected chi connectivity index (χ3v) is 7.60. The summed E-state index contributed by atoms with van der Waals surface area (Å²) in [6.07, 6.45) is 17.6. The SMILES string of the molecule is CCc1cc(C(C)(C)C)cc2c1=C1C=CC(CC)(C(C)(C)C)C(C3=CC=CC3)=C1C=2. The maximum Gasteiger partial charge on any atom is 0.0190 e. The van der Waals surface area contributed by atoms with Gasteiger partial charge in [-0.3, -0.25) is 0 Å². The number of allylic oxidation sites excluding steroid dienone is 8. The van der Waals surface area contributed by atoms with E-state index in [0.717, 1.165) is 19.3 Å². The summed E-state index contributed by atoms with van der Waals surface area (Å²) >= 11 is 0. The van der Waals surface area contributed by atoms with E-state index in [0.29, 0.717) is 0 Å². The fourth-order valence-corrected chi connectivity index (χ4v) is 5.72. The second-order valence-electron chi connectivity index (χ2n) is 11.3. The Morgan fingerprint density at radius 1 is 0.967 bits per heavy atom. The minimum atomic E-state index is 0.0570. The first-order chi connectivity index (χ1) is 14.0. The first kappa shape index (κ1) is 21.2. The molecule has 158 valence electrons. The minimum Gasteiger partial charge on any atom is -0.0801 e. The fraction of sp³-hybridized carbons (Fsp3) is 0.467. The molecule has 0 saturated carbocycles. The van der Waals surface area contributed by atoms with Crippen LogP contribution in [0.15, 0.2) is 59.2 Å². The highest BCUT2D eigenvalue weighted by Crippen LogP contribution is 2.56. The van der Waals surface area contributed by atoms with Crippen molar-refractivity contribution in [2.24, 2.45) is 10.8 Å². The standard InChI is InChI=1S/C30H38/c1-9-20-17-23(28(3,4)5)18-22-19-25-24(26(20)22)15-16-30(10-2,29(6,7)8)27(25)21-13-11-12-14-21/h11-13,15-19H,9-10,14H2,1-8H3. The fourth-order valence-electron chi connectivity index (χ4n) is 5.72. The normalized spacial score (nSPS) is 22.9. The third-order valence-electron chi connectivity index (χ3n) is 7.60. The van der Waals surface area contributed by atoms with Crippen molar-refractivity contribution < 1.29 is 0 Å². The van der Waals surface area contributed by atoms with Crippen LogP contribution in [0.3, 0.4) is 0 Å². The van der Waals surface area contributed by atoms with Crippen LogP contribution in [0.5, 0.6) is 0 Å². The van der Waals surface area contributed by atoms with Crippen LogP contribution in [0, 0.1) is 10.8 Å². The Labute approximate surface area is 183 Å². The van der Waals surface area contributed by atoms with Gasteiger partial charge in [0.15, 0.2) is 0 Å². The van der Waals surface area contributed by atoms with Crippen LogP contribution >= 0.6 is 0 Å². The zero-order valence-corrected chi connectivity index (χ0v) is 20.2. The molecule has 30 heavy (non-hydrogen) atoms. The van der Waals surface area contributed by atoms with E-state index in [2.05, 4.69) is 104 Å². The minimum absolute atomic E-state index is 0.0570. The lowest BCUT2D eigenvalue weighted by molar-refractivity contribution is 0.183. The molecule has 0 aliphatic heterocycles. The topological polar surface area (TPSA) is 0 Å². The second kappa shape index (κ2) is 6.98. The van der Waals surface area contributed by atoms with Gasteiger partial charge >= 0.3 is 0 Å². The van der Waals surface area contributed by atoms with E-state index in [-0.39, 0.29) is 16.2 Å². The first-order valence-electron chi connectivity index (χ1n) is 11.7. The Morgan fingerprint density at radius 2 is 1.70 bits per heavy atom. The van der Waals surface area contributed by atoms with Crippen LogP contribution < -0.4 is 10.4 Å². The smallest absolute Gasteiger partial charge is 0.0190 e. The van der Waals surface area contributed by atoms with Gasteiger partial charge in [0.25, 0.3) is 0 Å². The summed E-state index contributed by atoms with van der Waals surface area (Å²) in [7, 11) is 0. The summed E-state index contributed by atoms with van der Waals surface area (Å²) in [4.78, 5) is 0. The van der Waals surface area contributed by atoms with E-state index >= 15 is 0 Å².